The van der Waals surface area contributed by atoms with Crippen molar-refractivity contribution < 1.29 is 14.0 Å². The zero-order valence-corrected chi connectivity index (χ0v) is 19.3. The number of nitrogens with two attached hydrogens (primary N) is 1. The van der Waals surface area contributed by atoms with Gasteiger partial charge in [0.05, 0.1) is 6.26 Å². The molecule has 0 aliphatic carbocycles. The van der Waals surface area contributed by atoms with Crippen molar-refractivity contribution in [3.05, 3.63) is 45.0 Å². The highest BCUT2D eigenvalue weighted by molar-refractivity contribution is 5.97. The van der Waals surface area contributed by atoms with Crippen LogP contribution in [0.4, 0.5) is 11.5 Å². The maximum atomic E-state index is 13.5. The Hall–Kier alpha value is -3.30. The first kappa shape index (κ1) is 24.3. The molecule has 33 heavy (non-hydrogen) atoms. The molecule has 0 unspecified atom stereocenters. The van der Waals surface area contributed by atoms with Gasteiger partial charge >= 0.3 is 5.69 Å². The van der Waals surface area contributed by atoms with Crippen LogP contribution in [-0.4, -0.2) is 45.9 Å². The van der Waals surface area contributed by atoms with E-state index < -0.39 is 11.2 Å². The third-order valence-corrected chi connectivity index (χ3v) is 6.08. The van der Waals surface area contributed by atoms with Gasteiger partial charge in [0.25, 0.3) is 11.5 Å². The molecule has 0 aromatic carbocycles. The van der Waals surface area contributed by atoms with Gasteiger partial charge in [0.2, 0.25) is 5.91 Å². The summed E-state index contributed by atoms with van der Waals surface area (Å²) in [5.74, 6) is -0.453. The summed E-state index contributed by atoms with van der Waals surface area (Å²) in [6.45, 7) is 5.53. The first-order chi connectivity index (χ1) is 15.9. The summed E-state index contributed by atoms with van der Waals surface area (Å²) in [5, 5.41) is 0. The fourth-order valence-corrected chi connectivity index (χ4v) is 4.13. The minimum absolute atomic E-state index is 0.0205. The van der Waals surface area contributed by atoms with E-state index >= 15 is 0 Å². The second kappa shape index (κ2) is 11.0. The van der Waals surface area contributed by atoms with Crippen LogP contribution in [0.2, 0.25) is 0 Å². The number of hydrogen-bond acceptors (Lipinski definition) is 6. The van der Waals surface area contributed by atoms with Gasteiger partial charge in [-0.1, -0.05) is 26.7 Å². The summed E-state index contributed by atoms with van der Waals surface area (Å²) in [7, 11) is 0. The Morgan fingerprint density at radius 3 is 2.48 bits per heavy atom. The number of carbonyl (C=O) groups excluding carboxylic acids is 2. The Bertz CT molecular complexity index is 1060. The molecule has 2 aromatic heterocycles. The lowest BCUT2D eigenvalue weighted by atomic mass is 9.94. The van der Waals surface area contributed by atoms with Gasteiger partial charge in [-0.2, -0.15) is 0 Å². The molecule has 10 heteroatoms. The predicted octanol–water partition coefficient (Wildman–Crippen LogP) is 2.20. The van der Waals surface area contributed by atoms with Crippen molar-refractivity contribution in [2.75, 3.05) is 30.3 Å². The fraction of sp³-hybridized carbons (Fsp3) is 0.565. The molecule has 2 amide bonds. The smallest absolute Gasteiger partial charge is 0.330 e. The van der Waals surface area contributed by atoms with Gasteiger partial charge in [0.15, 0.2) is 11.4 Å². The van der Waals surface area contributed by atoms with Crippen LogP contribution < -0.4 is 21.9 Å². The number of hydrogen-bond donors (Lipinski definition) is 2. The summed E-state index contributed by atoms with van der Waals surface area (Å²) in [4.78, 5) is 56.5. The van der Waals surface area contributed by atoms with Crippen molar-refractivity contribution in [2.24, 2.45) is 5.92 Å². The number of unbranched alkanes of at least 4 members (excludes halogenated alkanes) is 2. The molecule has 0 atom stereocenters. The predicted molar refractivity (Wildman–Crippen MR) is 125 cm³/mol. The molecular weight excluding hydrogens is 426 g/mol. The van der Waals surface area contributed by atoms with Crippen LogP contribution in [-0.2, 0) is 11.3 Å². The van der Waals surface area contributed by atoms with Crippen molar-refractivity contribution in [1.82, 2.24) is 14.5 Å². The topological polar surface area (TPSA) is 135 Å². The number of nitrogens with one attached hydrogen (secondary N) is 1. The molecular formula is C23H33N5O5. The van der Waals surface area contributed by atoms with E-state index in [1.54, 1.807) is 17.0 Å². The van der Waals surface area contributed by atoms with Crippen LogP contribution in [0.5, 0.6) is 0 Å². The van der Waals surface area contributed by atoms with Crippen LogP contribution in [0.3, 0.4) is 0 Å². The van der Waals surface area contributed by atoms with Crippen LogP contribution in [0.1, 0.15) is 62.9 Å². The van der Waals surface area contributed by atoms with Crippen LogP contribution >= 0.6 is 0 Å². The van der Waals surface area contributed by atoms with Gasteiger partial charge in [-0.15, -0.1) is 0 Å². The Kier molecular flexibility index (Phi) is 8.13. The van der Waals surface area contributed by atoms with Gasteiger partial charge in [0, 0.05) is 32.1 Å². The second-order valence-corrected chi connectivity index (χ2v) is 8.39. The first-order valence-electron chi connectivity index (χ1n) is 11.7. The van der Waals surface area contributed by atoms with Crippen molar-refractivity contribution in [3.63, 3.8) is 0 Å². The number of amides is 2. The van der Waals surface area contributed by atoms with E-state index in [0.29, 0.717) is 45.4 Å². The zero-order valence-electron chi connectivity index (χ0n) is 19.3. The largest absolute Gasteiger partial charge is 0.459 e. The molecule has 0 spiro atoms. The highest BCUT2D eigenvalue weighted by Gasteiger charge is 2.33. The summed E-state index contributed by atoms with van der Waals surface area (Å²) in [6, 6.07) is 3.28. The number of rotatable bonds is 9. The summed E-state index contributed by atoms with van der Waals surface area (Å²) in [5.41, 5.74) is 5.09. The van der Waals surface area contributed by atoms with E-state index in [-0.39, 0.29) is 35.0 Å². The molecule has 3 N–H and O–H groups in total. The normalized spacial score (nSPS) is 14.4. The van der Waals surface area contributed by atoms with Gasteiger partial charge in [-0.05, 0) is 37.8 Å². The maximum absolute atomic E-state index is 13.5. The van der Waals surface area contributed by atoms with Crippen molar-refractivity contribution in [2.45, 2.75) is 58.9 Å². The second-order valence-electron chi connectivity index (χ2n) is 8.39. The number of aromatic nitrogens is 2. The van der Waals surface area contributed by atoms with Gasteiger partial charge < -0.3 is 20.0 Å². The Labute approximate surface area is 192 Å². The van der Waals surface area contributed by atoms with Crippen LogP contribution in [0, 0.1) is 5.92 Å². The number of carbonyl (C=O) groups is 2. The minimum Gasteiger partial charge on any atom is -0.459 e. The lowest BCUT2D eigenvalue weighted by Crippen LogP contribution is -2.47. The molecule has 1 aliphatic heterocycles. The number of aromatic amines is 1. The number of H-pyrrole nitrogens is 1. The standard InChI is InChI=1S/C23H33N5O5/c1-3-5-11-27(18-19(24)28(12-6-4-2)23(32)25-20(18)29)21(30)16-9-13-26(14-10-16)22(31)17-8-7-15-33-17/h7-8,15-16H,3-6,9-14,24H2,1-2H3,(H,25,29,32). The van der Waals surface area contributed by atoms with Crippen molar-refractivity contribution in [1.29, 1.82) is 0 Å². The summed E-state index contributed by atoms with van der Waals surface area (Å²) in [6.07, 6.45) is 5.50. The summed E-state index contributed by atoms with van der Waals surface area (Å²) >= 11 is 0. The number of nitrogens with zero attached hydrogens (tertiary/aromatic N) is 3. The van der Waals surface area contributed by atoms with Crippen molar-refractivity contribution in [3.8, 4) is 0 Å². The Morgan fingerprint density at radius 1 is 1.18 bits per heavy atom. The lowest BCUT2D eigenvalue weighted by molar-refractivity contribution is -0.123. The molecule has 3 rings (SSSR count). The number of anilines is 2. The van der Waals surface area contributed by atoms with Gasteiger partial charge in [-0.3, -0.25) is 23.9 Å². The monoisotopic (exact) mass is 459 g/mol. The SMILES string of the molecule is CCCCN(C(=O)C1CCN(C(=O)c2ccco2)CC1)c1c(N)n(CCCC)c(=O)[nH]c1=O. The molecule has 0 saturated carbocycles. The molecule has 2 aromatic rings. The molecule has 1 saturated heterocycles. The molecule has 1 fully saturated rings. The van der Waals surface area contributed by atoms with Crippen molar-refractivity contribution >= 4 is 23.3 Å². The minimum atomic E-state index is -0.653. The summed E-state index contributed by atoms with van der Waals surface area (Å²) < 4.78 is 6.52. The average molecular weight is 460 g/mol. The molecule has 180 valence electrons. The molecule has 0 radical (unpaired) electrons. The van der Waals surface area contributed by atoms with E-state index in [1.165, 1.54) is 15.7 Å². The molecule has 1 aliphatic rings. The van der Waals surface area contributed by atoms with E-state index in [1.807, 2.05) is 13.8 Å². The van der Waals surface area contributed by atoms with E-state index in [0.717, 1.165) is 19.3 Å². The highest BCUT2D eigenvalue weighted by Crippen LogP contribution is 2.26. The van der Waals surface area contributed by atoms with E-state index in [2.05, 4.69) is 4.98 Å². The van der Waals surface area contributed by atoms with Gasteiger partial charge in [0.1, 0.15) is 5.82 Å². The molecule has 10 nitrogen and oxygen atoms in total. The highest BCUT2D eigenvalue weighted by atomic mass is 16.3. The quantitative estimate of drug-likeness (QED) is 0.590. The van der Waals surface area contributed by atoms with Crippen LogP contribution in [0.15, 0.2) is 32.4 Å². The molecule has 0 bridgehead atoms. The number of nitrogen functional groups attached to an aromatic ring is 1. The Morgan fingerprint density at radius 2 is 1.88 bits per heavy atom. The Balaban J connectivity index is 1.82. The van der Waals surface area contributed by atoms with Crippen LogP contribution in [0.25, 0.3) is 0 Å². The third kappa shape index (κ3) is 5.37. The van der Waals surface area contributed by atoms with E-state index in [4.69, 9.17) is 10.2 Å². The van der Waals surface area contributed by atoms with Gasteiger partial charge in [-0.25, -0.2) is 4.79 Å². The number of likely N-dealkylation sites (tertiary alicyclic amines) is 1. The fourth-order valence-electron chi connectivity index (χ4n) is 4.13. The number of furan rings is 1. The van der Waals surface area contributed by atoms with E-state index in [9.17, 15) is 19.2 Å². The maximum Gasteiger partial charge on any atom is 0.330 e. The average Bonchev–Trinajstić information content (AvgIpc) is 3.35. The molecule has 3 heterocycles. The zero-order chi connectivity index (χ0) is 24.0. The number of piperidine rings is 1. The lowest BCUT2D eigenvalue weighted by Gasteiger charge is -2.34. The third-order valence-electron chi connectivity index (χ3n) is 6.08. The first-order valence-corrected chi connectivity index (χ1v) is 11.7.